The van der Waals surface area contributed by atoms with Gasteiger partial charge in [0, 0.05) is 50.9 Å². The smallest absolute Gasteiger partial charge is 0.317 e. The summed E-state index contributed by atoms with van der Waals surface area (Å²) in [6.07, 6.45) is 2.91. The molecule has 1 saturated carbocycles. The highest BCUT2D eigenvalue weighted by Crippen LogP contribution is 2.50. The molecule has 2 aromatic carbocycles. The zero-order chi connectivity index (χ0) is 22.1. The molecule has 3 aliphatic rings. The number of carbonyl (C=O) groups is 2. The molecule has 1 N–H and O–H groups in total. The normalized spacial score (nSPS) is 22.7. The molecule has 1 amide bonds. The van der Waals surface area contributed by atoms with Crippen LogP contribution in [0.5, 0.6) is 0 Å². The van der Waals surface area contributed by atoms with Gasteiger partial charge in [0.2, 0.25) is 5.91 Å². The molecular formula is C26H31N3O3. The van der Waals surface area contributed by atoms with Crippen LogP contribution in [0.1, 0.15) is 36.3 Å². The fourth-order valence-electron chi connectivity index (χ4n) is 5.34. The first-order chi connectivity index (χ1) is 15.5. The van der Waals surface area contributed by atoms with Gasteiger partial charge in [0.05, 0.1) is 12.0 Å². The van der Waals surface area contributed by atoms with Gasteiger partial charge in [0.1, 0.15) is 0 Å². The Morgan fingerprint density at radius 3 is 2.22 bits per heavy atom. The van der Waals surface area contributed by atoms with Gasteiger partial charge in [-0.25, -0.2) is 0 Å². The van der Waals surface area contributed by atoms with Crippen molar-refractivity contribution in [3.63, 3.8) is 0 Å². The van der Waals surface area contributed by atoms with E-state index < -0.39 is 5.97 Å². The quantitative estimate of drug-likeness (QED) is 0.759. The fourth-order valence-corrected chi connectivity index (χ4v) is 5.34. The van der Waals surface area contributed by atoms with Gasteiger partial charge in [-0.1, -0.05) is 42.5 Å². The highest BCUT2D eigenvalue weighted by atomic mass is 16.4. The average molecular weight is 434 g/mol. The first-order valence-electron chi connectivity index (χ1n) is 11.7. The number of amides is 1. The molecule has 6 nitrogen and oxygen atoms in total. The lowest BCUT2D eigenvalue weighted by molar-refractivity contribution is -0.138. The summed E-state index contributed by atoms with van der Waals surface area (Å²) in [5, 5.41) is 8.97. The maximum Gasteiger partial charge on any atom is 0.317 e. The van der Waals surface area contributed by atoms with Gasteiger partial charge in [-0.15, -0.1) is 0 Å². The summed E-state index contributed by atoms with van der Waals surface area (Å²) >= 11 is 0. The third-order valence-corrected chi connectivity index (χ3v) is 7.42. The number of hydrogen-bond acceptors (Lipinski definition) is 4. The lowest BCUT2D eigenvalue weighted by atomic mass is 9.93. The number of piperazine rings is 1. The van der Waals surface area contributed by atoms with Crippen LogP contribution in [-0.4, -0.2) is 72.6 Å². The van der Waals surface area contributed by atoms with E-state index in [-0.39, 0.29) is 12.0 Å². The first kappa shape index (κ1) is 21.0. The number of carboxylic acids is 1. The van der Waals surface area contributed by atoms with Crippen molar-refractivity contribution in [2.24, 2.45) is 0 Å². The Morgan fingerprint density at radius 1 is 0.906 bits per heavy atom. The standard InChI is InChI=1S/C26H31N3O3/c30-24(31)19-27-14-16-28(17-15-27)23-8-6-22(7-9-23)26(11-12-26)25(32)29-13-10-21(18-29)20-4-2-1-3-5-20/h1-9,21H,10-19H2,(H,30,31). The van der Waals surface area contributed by atoms with Crippen LogP contribution in [0.2, 0.25) is 0 Å². The Labute approximate surface area is 189 Å². The Morgan fingerprint density at radius 2 is 1.59 bits per heavy atom. The summed E-state index contributed by atoms with van der Waals surface area (Å²) in [6, 6.07) is 19.1. The van der Waals surface area contributed by atoms with E-state index in [1.165, 1.54) is 5.56 Å². The second-order valence-corrected chi connectivity index (χ2v) is 9.43. The van der Waals surface area contributed by atoms with Crippen LogP contribution in [-0.2, 0) is 15.0 Å². The van der Waals surface area contributed by atoms with Crippen LogP contribution in [0.25, 0.3) is 0 Å². The van der Waals surface area contributed by atoms with Gasteiger partial charge in [-0.2, -0.15) is 0 Å². The van der Waals surface area contributed by atoms with Crippen molar-refractivity contribution in [1.82, 2.24) is 9.80 Å². The van der Waals surface area contributed by atoms with Gasteiger partial charge in [-0.05, 0) is 42.5 Å². The number of carbonyl (C=O) groups excluding carboxylic acids is 1. The zero-order valence-corrected chi connectivity index (χ0v) is 18.4. The van der Waals surface area contributed by atoms with Crippen LogP contribution < -0.4 is 4.90 Å². The summed E-state index contributed by atoms with van der Waals surface area (Å²) in [5.74, 6) is -0.0284. The number of rotatable bonds is 6. The minimum Gasteiger partial charge on any atom is -0.480 e. The maximum atomic E-state index is 13.5. The van der Waals surface area contributed by atoms with Gasteiger partial charge in [0.15, 0.2) is 0 Å². The van der Waals surface area contributed by atoms with Crippen molar-refractivity contribution in [3.8, 4) is 0 Å². The predicted octanol–water partition coefficient (Wildman–Crippen LogP) is 2.94. The summed E-state index contributed by atoms with van der Waals surface area (Å²) in [4.78, 5) is 30.7. The van der Waals surface area contributed by atoms with Crippen molar-refractivity contribution >= 4 is 17.6 Å². The highest BCUT2D eigenvalue weighted by Gasteiger charge is 2.53. The van der Waals surface area contributed by atoms with E-state index in [0.29, 0.717) is 11.8 Å². The third kappa shape index (κ3) is 4.11. The number of aliphatic carboxylic acids is 1. The SMILES string of the molecule is O=C(O)CN1CCN(c2ccc(C3(C(=O)N4CCC(c5ccccc5)C4)CC3)cc2)CC1. The van der Waals surface area contributed by atoms with Crippen molar-refractivity contribution in [2.45, 2.75) is 30.6 Å². The van der Waals surface area contributed by atoms with Crippen molar-refractivity contribution in [1.29, 1.82) is 0 Å². The van der Waals surface area contributed by atoms with Crippen LogP contribution in [0.3, 0.4) is 0 Å². The average Bonchev–Trinajstić information content (AvgIpc) is 3.48. The Bertz CT molecular complexity index is 964. The molecule has 2 heterocycles. The molecule has 2 saturated heterocycles. The molecule has 1 unspecified atom stereocenters. The molecule has 1 atom stereocenters. The van der Waals surface area contributed by atoms with Crippen molar-refractivity contribution < 1.29 is 14.7 Å². The molecule has 0 aromatic heterocycles. The summed E-state index contributed by atoms with van der Waals surface area (Å²) in [5.41, 5.74) is 3.29. The predicted molar refractivity (Wildman–Crippen MR) is 124 cm³/mol. The largest absolute Gasteiger partial charge is 0.480 e. The highest BCUT2D eigenvalue weighted by molar-refractivity contribution is 5.91. The molecule has 2 aliphatic heterocycles. The van der Waals surface area contributed by atoms with E-state index >= 15 is 0 Å². The molecule has 0 bridgehead atoms. The molecule has 2 aromatic rings. The Kier molecular flexibility index (Phi) is 5.64. The molecule has 5 rings (SSSR count). The summed E-state index contributed by atoms with van der Waals surface area (Å²) in [7, 11) is 0. The van der Waals surface area contributed by atoms with E-state index in [9.17, 15) is 9.59 Å². The minimum absolute atomic E-state index is 0.110. The molecule has 0 radical (unpaired) electrons. The second kappa shape index (κ2) is 8.58. The molecule has 6 heteroatoms. The van der Waals surface area contributed by atoms with Crippen LogP contribution in [0.4, 0.5) is 5.69 Å². The van der Waals surface area contributed by atoms with E-state index in [1.807, 2.05) is 11.0 Å². The fraction of sp³-hybridized carbons (Fsp3) is 0.462. The lowest BCUT2D eigenvalue weighted by Gasteiger charge is -2.35. The Balaban J connectivity index is 1.22. The van der Waals surface area contributed by atoms with Crippen LogP contribution in [0, 0.1) is 0 Å². The molecule has 1 aliphatic carbocycles. The number of likely N-dealkylation sites (tertiary alicyclic amines) is 1. The van der Waals surface area contributed by atoms with Gasteiger partial charge >= 0.3 is 5.97 Å². The van der Waals surface area contributed by atoms with Gasteiger partial charge < -0.3 is 14.9 Å². The molecule has 3 fully saturated rings. The minimum atomic E-state index is -0.768. The van der Waals surface area contributed by atoms with Crippen molar-refractivity contribution in [2.75, 3.05) is 50.7 Å². The van der Waals surface area contributed by atoms with Gasteiger partial charge in [-0.3, -0.25) is 14.5 Å². The number of nitrogens with zero attached hydrogens (tertiary/aromatic N) is 3. The zero-order valence-electron chi connectivity index (χ0n) is 18.4. The Hall–Kier alpha value is -2.86. The number of anilines is 1. The monoisotopic (exact) mass is 433 g/mol. The van der Waals surface area contributed by atoms with E-state index in [2.05, 4.69) is 58.3 Å². The number of carboxylic acid groups (broad SMARTS) is 1. The number of hydrogen-bond donors (Lipinski definition) is 1. The first-order valence-corrected chi connectivity index (χ1v) is 11.7. The number of benzene rings is 2. The third-order valence-electron chi connectivity index (χ3n) is 7.42. The maximum absolute atomic E-state index is 13.5. The van der Waals surface area contributed by atoms with Gasteiger partial charge in [0.25, 0.3) is 0 Å². The van der Waals surface area contributed by atoms with Crippen LogP contribution in [0.15, 0.2) is 54.6 Å². The molecule has 32 heavy (non-hydrogen) atoms. The van der Waals surface area contributed by atoms with E-state index in [4.69, 9.17) is 5.11 Å². The van der Waals surface area contributed by atoms with Crippen molar-refractivity contribution in [3.05, 3.63) is 65.7 Å². The molecule has 168 valence electrons. The summed E-state index contributed by atoms with van der Waals surface area (Å²) < 4.78 is 0. The lowest BCUT2D eigenvalue weighted by Crippen LogP contribution is -2.48. The van der Waals surface area contributed by atoms with E-state index in [1.54, 1.807) is 0 Å². The van der Waals surface area contributed by atoms with E-state index in [0.717, 1.165) is 69.8 Å². The topological polar surface area (TPSA) is 64.1 Å². The molecular weight excluding hydrogens is 402 g/mol. The molecule has 0 spiro atoms. The summed E-state index contributed by atoms with van der Waals surface area (Å²) in [6.45, 7) is 4.94. The second-order valence-electron chi connectivity index (χ2n) is 9.43. The van der Waals surface area contributed by atoms with Crippen LogP contribution >= 0.6 is 0 Å².